The molecular weight excluding hydrogens is 251 g/mol. The van der Waals surface area contributed by atoms with Gasteiger partial charge in [-0.3, -0.25) is 4.79 Å². The first-order valence-electron chi connectivity index (χ1n) is 5.01. The standard InChI is InChI=1S/C11H12Cl2O3/c1-7(14)16-10(15)4-2-8(3-5-10)9-6-11(9,12)13/h2-4,9,15H,5-6H2,1H3/t9-,10+/m0/s1. The summed E-state index contributed by atoms with van der Waals surface area (Å²) in [7, 11) is 0. The highest BCUT2D eigenvalue weighted by Gasteiger charge is 2.53. The van der Waals surface area contributed by atoms with Crippen LogP contribution in [0.3, 0.4) is 0 Å². The van der Waals surface area contributed by atoms with Crippen molar-refractivity contribution in [2.45, 2.75) is 29.9 Å². The number of hydrogen-bond acceptors (Lipinski definition) is 3. The van der Waals surface area contributed by atoms with Gasteiger partial charge in [0.1, 0.15) is 4.33 Å². The molecule has 0 aliphatic heterocycles. The lowest BCUT2D eigenvalue weighted by Crippen LogP contribution is -2.32. The maximum Gasteiger partial charge on any atom is 0.305 e. The number of carbonyl (C=O) groups is 1. The molecule has 0 aromatic carbocycles. The van der Waals surface area contributed by atoms with Gasteiger partial charge in [0.15, 0.2) is 0 Å². The maximum atomic E-state index is 10.8. The van der Waals surface area contributed by atoms with Gasteiger partial charge in [0.2, 0.25) is 5.79 Å². The van der Waals surface area contributed by atoms with Crippen LogP contribution in [0.1, 0.15) is 19.8 Å². The van der Waals surface area contributed by atoms with E-state index in [2.05, 4.69) is 0 Å². The molecule has 88 valence electrons. The zero-order chi connectivity index (χ0) is 12.0. The van der Waals surface area contributed by atoms with Gasteiger partial charge in [-0.1, -0.05) is 12.2 Å². The van der Waals surface area contributed by atoms with Gasteiger partial charge in [0, 0.05) is 19.3 Å². The summed E-state index contributed by atoms with van der Waals surface area (Å²) in [6.07, 6.45) is 5.94. The Morgan fingerprint density at radius 2 is 2.25 bits per heavy atom. The van der Waals surface area contributed by atoms with Gasteiger partial charge in [-0.15, -0.1) is 23.2 Å². The molecule has 0 heterocycles. The molecule has 2 atom stereocenters. The molecular formula is C11H12Cl2O3. The molecule has 1 fully saturated rings. The van der Waals surface area contributed by atoms with Crippen molar-refractivity contribution >= 4 is 29.2 Å². The molecule has 0 bridgehead atoms. The second kappa shape index (κ2) is 3.76. The maximum absolute atomic E-state index is 10.8. The first-order chi connectivity index (χ1) is 7.32. The van der Waals surface area contributed by atoms with E-state index in [0.717, 1.165) is 12.0 Å². The SMILES string of the molecule is CC(=O)O[C@]1(O)C=CC([C@@H]2CC2(Cl)Cl)=CC1. The molecule has 0 aromatic rings. The molecule has 1 N–H and O–H groups in total. The van der Waals surface area contributed by atoms with Crippen LogP contribution in [0, 0.1) is 5.92 Å². The smallest absolute Gasteiger partial charge is 0.305 e. The average molecular weight is 263 g/mol. The van der Waals surface area contributed by atoms with Crippen LogP contribution >= 0.6 is 23.2 Å². The quantitative estimate of drug-likeness (QED) is 0.472. The van der Waals surface area contributed by atoms with E-state index in [1.54, 1.807) is 12.2 Å². The van der Waals surface area contributed by atoms with E-state index < -0.39 is 16.1 Å². The van der Waals surface area contributed by atoms with Crippen molar-refractivity contribution in [3.05, 3.63) is 23.8 Å². The van der Waals surface area contributed by atoms with Gasteiger partial charge in [0.25, 0.3) is 0 Å². The molecule has 2 aliphatic rings. The molecule has 2 aliphatic carbocycles. The predicted molar refractivity (Wildman–Crippen MR) is 61.1 cm³/mol. The third kappa shape index (κ3) is 2.42. The Labute approximate surface area is 104 Å². The van der Waals surface area contributed by atoms with Crippen LogP contribution in [0.5, 0.6) is 0 Å². The highest BCUT2D eigenvalue weighted by molar-refractivity contribution is 6.51. The van der Waals surface area contributed by atoms with Crippen LogP contribution < -0.4 is 0 Å². The summed E-state index contributed by atoms with van der Waals surface area (Å²) in [6, 6.07) is 0. The number of carbonyl (C=O) groups excluding carboxylic acids is 1. The minimum atomic E-state index is -1.52. The number of halogens is 2. The van der Waals surface area contributed by atoms with E-state index in [4.69, 9.17) is 27.9 Å². The van der Waals surface area contributed by atoms with Crippen molar-refractivity contribution in [1.29, 1.82) is 0 Å². The lowest BCUT2D eigenvalue weighted by molar-refractivity contribution is -0.187. The van der Waals surface area contributed by atoms with E-state index in [0.29, 0.717) is 0 Å². The molecule has 2 rings (SSSR count). The molecule has 0 spiro atoms. The summed E-state index contributed by atoms with van der Waals surface area (Å²) in [5, 5.41) is 9.85. The van der Waals surface area contributed by atoms with Gasteiger partial charge in [0.05, 0.1) is 0 Å². The van der Waals surface area contributed by atoms with Crippen molar-refractivity contribution in [3.63, 3.8) is 0 Å². The number of allylic oxidation sites excluding steroid dienone is 2. The summed E-state index contributed by atoms with van der Waals surface area (Å²) in [4.78, 5) is 10.8. The zero-order valence-corrected chi connectivity index (χ0v) is 10.3. The molecule has 0 saturated heterocycles. The van der Waals surface area contributed by atoms with Crippen molar-refractivity contribution < 1.29 is 14.6 Å². The van der Waals surface area contributed by atoms with Gasteiger partial charge in [-0.2, -0.15) is 0 Å². The molecule has 0 amide bonds. The van der Waals surface area contributed by atoms with Crippen LogP contribution in [-0.2, 0) is 9.53 Å². The fraction of sp³-hybridized carbons (Fsp3) is 0.545. The van der Waals surface area contributed by atoms with Gasteiger partial charge in [-0.25, -0.2) is 0 Å². The first-order valence-corrected chi connectivity index (χ1v) is 5.77. The number of hydrogen-bond donors (Lipinski definition) is 1. The third-order valence-corrected chi connectivity index (χ3v) is 3.55. The minimum Gasteiger partial charge on any atom is -0.429 e. The fourth-order valence-electron chi connectivity index (χ4n) is 1.78. The monoisotopic (exact) mass is 262 g/mol. The Bertz CT molecular complexity index is 387. The fourth-order valence-corrected chi connectivity index (χ4v) is 2.35. The highest BCUT2D eigenvalue weighted by Crippen LogP contribution is 2.57. The van der Waals surface area contributed by atoms with Crippen molar-refractivity contribution in [2.75, 3.05) is 0 Å². The Morgan fingerprint density at radius 3 is 2.62 bits per heavy atom. The van der Waals surface area contributed by atoms with Gasteiger partial charge >= 0.3 is 5.97 Å². The molecule has 16 heavy (non-hydrogen) atoms. The van der Waals surface area contributed by atoms with E-state index in [-0.39, 0.29) is 12.3 Å². The second-order valence-electron chi connectivity index (χ2n) is 4.20. The highest BCUT2D eigenvalue weighted by atomic mass is 35.5. The lowest BCUT2D eigenvalue weighted by atomic mass is 9.99. The number of rotatable bonds is 2. The largest absolute Gasteiger partial charge is 0.429 e. The Morgan fingerprint density at radius 1 is 1.62 bits per heavy atom. The normalized spacial score (nSPS) is 35.5. The van der Waals surface area contributed by atoms with Crippen LogP contribution in [0.4, 0.5) is 0 Å². The Hall–Kier alpha value is -0.510. The molecule has 0 radical (unpaired) electrons. The van der Waals surface area contributed by atoms with Crippen LogP contribution in [0.25, 0.3) is 0 Å². The van der Waals surface area contributed by atoms with Crippen molar-refractivity contribution in [3.8, 4) is 0 Å². The minimum absolute atomic E-state index is 0.119. The van der Waals surface area contributed by atoms with Crippen LogP contribution in [0.15, 0.2) is 23.8 Å². The number of esters is 1. The second-order valence-corrected chi connectivity index (χ2v) is 5.74. The van der Waals surface area contributed by atoms with Gasteiger partial charge < -0.3 is 9.84 Å². The first kappa shape index (κ1) is 12.0. The summed E-state index contributed by atoms with van der Waals surface area (Å²) in [5.74, 6) is -1.92. The molecule has 5 heteroatoms. The molecule has 1 saturated carbocycles. The lowest BCUT2D eigenvalue weighted by Gasteiger charge is -2.25. The van der Waals surface area contributed by atoms with E-state index in [9.17, 15) is 9.90 Å². The third-order valence-electron chi connectivity index (χ3n) is 2.72. The van der Waals surface area contributed by atoms with Crippen LogP contribution in [0.2, 0.25) is 0 Å². The number of alkyl halides is 2. The Kier molecular flexibility index (Phi) is 2.81. The van der Waals surface area contributed by atoms with E-state index >= 15 is 0 Å². The van der Waals surface area contributed by atoms with Crippen molar-refractivity contribution in [2.24, 2.45) is 5.92 Å². The summed E-state index contributed by atoms with van der Waals surface area (Å²) in [5.41, 5.74) is 0.988. The average Bonchev–Trinajstić information content (AvgIpc) is 2.74. The van der Waals surface area contributed by atoms with Crippen LogP contribution in [-0.4, -0.2) is 21.2 Å². The summed E-state index contributed by atoms with van der Waals surface area (Å²) < 4.78 is 4.12. The molecule has 3 nitrogen and oxygen atoms in total. The molecule has 0 aromatic heterocycles. The molecule has 0 unspecified atom stereocenters. The summed E-state index contributed by atoms with van der Waals surface area (Å²) >= 11 is 11.9. The number of ether oxygens (including phenoxy) is 1. The summed E-state index contributed by atoms with van der Waals surface area (Å²) in [6.45, 7) is 1.26. The van der Waals surface area contributed by atoms with Gasteiger partial charge in [-0.05, 0) is 18.1 Å². The number of aliphatic hydroxyl groups is 1. The van der Waals surface area contributed by atoms with E-state index in [1.807, 2.05) is 0 Å². The zero-order valence-electron chi connectivity index (χ0n) is 8.74. The van der Waals surface area contributed by atoms with Crippen molar-refractivity contribution in [1.82, 2.24) is 0 Å². The Balaban J connectivity index is 2.01. The van der Waals surface area contributed by atoms with E-state index in [1.165, 1.54) is 13.0 Å². The predicted octanol–water partition coefficient (Wildman–Crippen LogP) is 2.32. The topological polar surface area (TPSA) is 46.5 Å².